The predicted octanol–water partition coefficient (Wildman–Crippen LogP) is 4.09. The van der Waals surface area contributed by atoms with Crippen molar-refractivity contribution in [3.05, 3.63) is 71.5 Å². The molecule has 150 valence electrons. The van der Waals surface area contributed by atoms with Crippen molar-refractivity contribution in [3.8, 4) is 0 Å². The molecule has 2 rings (SSSR count). The molecule has 0 aliphatic heterocycles. The van der Waals surface area contributed by atoms with Gasteiger partial charge in [0.1, 0.15) is 11.9 Å². The predicted molar refractivity (Wildman–Crippen MR) is 109 cm³/mol. The Morgan fingerprint density at radius 1 is 1.00 bits per heavy atom. The number of hydrogen-bond donors (Lipinski definition) is 1. The Hall–Kier alpha value is -2.69. The van der Waals surface area contributed by atoms with Crippen LogP contribution in [0.2, 0.25) is 0 Å². The average molecular weight is 384 g/mol. The summed E-state index contributed by atoms with van der Waals surface area (Å²) < 4.78 is 13.3. The van der Waals surface area contributed by atoms with Crippen molar-refractivity contribution in [2.45, 2.75) is 58.7 Å². The molecule has 0 aliphatic carbocycles. The smallest absolute Gasteiger partial charge is 0.243 e. The van der Waals surface area contributed by atoms with Gasteiger partial charge in [0.15, 0.2) is 0 Å². The van der Waals surface area contributed by atoms with Crippen LogP contribution in [0.3, 0.4) is 0 Å². The zero-order chi connectivity index (χ0) is 20.7. The average Bonchev–Trinajstić information content (AvgIpc) is 2.62. The molecule has 0 saturated carbocycles. The van der Waals surface area contributed by atoms with Gasteiger partial charge in [-0.3, -0.25) is 9.59 Å². The maximum atomic E-state index is 13.3. The van der Waals surface area contributed by atoms with Gasteiger partial charge in [-0.1, -0.05) is 49.4 Å². The number of nitrogens with one attached hydrogen (secondary N) is 1. The van der Waals surface area contributed by atoms with E-state index in [1.807, 2.05) is 58.0 Å². The number of nitrogens with zero attached hydrogens (tertiary/aromatic N) is 1. The van der Waals surface area contributed by atoms with E-state index in [2.05, 4.69) is 5.32 Å². The Morgan fingerprint density at radius 2 is 1.61 bits per heavy atom. The standard InChI is InChI=1S/C23H29FN2O2/c1-5-20(22(28)25-23(2,3)4)26(16-18-11-13-19(24)14-12-18)21(27)15-17-9-7-6-8-10-17/h6-14,20H,5,15-16H2,1-4H3,(H,25,28)/t20-/m0/s1. The Morgan fingerprint density at radius 3 is 2.14 bits per heavy atom. The van der Waals surface area contributed by atoms with E-state index in [4.69, 9.17) is 0 Å². The fourth-order valence-electron chi connectivity index (χ4n) is 3.03. The summed E-state index contributed by atoms with van der Waals surface area (Å²) in [7, 11) is 0. The minimum Gasteiger partial charge on any atom is -0.350 e. The lowest BCUT2D eigenvalue weighted by molar-refractivity contribution is -0.141. The van der Waals surface area contributed by atoms with Gasteiger partial charge in [-0.25, -0.2) is 4.39 Å². The molecule has 0 spiro atoms. The van der Waals surface area contributed by atoms with Crippen molar-refractivity contribution in [1.82, 2.24) is 10.2 Å². The molecule has 2 amide bonds. The monoisotopic (exact) mass is 384 g/mol. The summed E-state index contributed by atoms with van der Waals surface area (Å²) in [5.41, 5.74) is 1.28. The first kappa shape index (κ1) is 21.6. The zero-order valence-electron chi connectivity index (χ0n) is 17.0. The van der Waals surface area contributed by atoms with Crippen molar-refractivity contribution in [1.29, 1.82) is 0 Å². The van der Waals surface area contributed by atoms with Crippen molar-refractivity contribution in [3.63, 3.8) is 0 Å². The third kappa shape index (κ3) is 6.48. The first-order valence-electron chi connectivity index (χ1n) is 9.59. The Kier molecular flexibility index (Phi) is 7.32. The lowest BCUT2D eigenvalue weighted by atomic mass is 10.0. The second-order valence-electron chi connectivity index (χ2n) is 7.97. The van der Waals surface area contributed by atoms with Gasteiger partial charge in [0.2, 0.25) is 11.8 Å². The van der Waals surface area contributed by atoms with Crippen molar-refractivity contribution >= 4 is 11.8 Å². The van der Waals surface area contributed by atoms with Crippen molar-refractivity contribution in [2.24, 2.45) is 0 Å². The molecule has 1 atom stereocenters. The maximum Gasteiger partial charge on any atom is 0.243 e. The minimum atomic E-state index is -0.597. The molecular weight excluding hydrogens is 355 g/mol. The second-order valence-corrected chi connectivity index (χ2v) is 7.97. The molecule has 0 aromatic heterocycles. The number of benzene rings is 2. The van der Waals surface area contributed by atoms with E-state index in [0.29, 0.717) is 6.42 Å². The Bertz CT molecular complexity index is 782. The molecule has 0 unspecified atom stereocenters. The molecule has 1 N–H and O–H groups in total. The van der Waals surface area contributed by atoms with Crippen LogP contribution in [0.1, 0.15) is 45.2 Å². The molecule has 28 heavy (non-hydrogen) atoms. The zero-order valence-corrected chi connectivity index (χ0v) is 17.0. The van der Waals surface area contributed by atoms with E-state index in [0.717, 1.165) is 11.1 Å². The third-order valence-electron chi connectivity index (χ3n) is 4.35. The minimum absolute atomic E-state index is 0.133. The Balaban J connectivity index is 2.28. The van der Waals surface area contributed by atoms with Crippen LogP contribution < -0.4 is 5.32 Å². The summed E-state index contributed by atoms with van der Waals surface area (Å²) in [6.45, 7) is 7.87. The van der Waals surface area contributed by atoms with Crippen LogP contribution in [0.4, 0.5) is 4.39 Å². The van der Waals surface area contributed by atoms with E-state index >= 15 is 0 Å². The summed E-state index contributed by atoms with van der Waals surface area (Å²) in [4.78, 5) is 27.6. The fourth-order valence-corrected chi connectivity index (χ4v) is 3.03. The first-order chi connectivity index (χ1) is 13.2. The number of carbonyl (C=O) groups is 2. The highest BCUT2D eigenvalue weighted by Gasteiger charge is 2.30. The molecular formula is C23H29FN2O2. The molecule has 0 radical (unpaired) electrons. The molecule has 4 nitrogen and oxygen atoms in total. The van der Waals surface area contributed by atoms with Crippen LogP contribution in [0.15, 0.2) is 54.6 Å². The lowest BCUT2D eigenvalue weighted by Crippen LogP contribution is -2.53. The second kappa shape index (κ2) is 9.49. The van der Waals surface area contributed by atoms with E-state index < -0.39 is 11.6 Å². The number of carbonyl (C=O) groups excluding carboxylic acids is 2. The normalized spacial score (nSPS) is 12.3. The first-order valence-corrected chi connectivity index (χ1v) is 9.59. The molecule has 0 bridgehead atoms. The summed E-state index contributed by atoms with van der Waals surface area (Å²) in [5.74, 6) is -0.645. The highest BCUT2D eigenvalue weighted by Crippen LogP contribution is 2.16. The summed E-state index contributed by atoms with van der Waals surface area (Å²) in [5, 5.41) is 2.97. The van der Waals surface area contributed by atoms with Gasteiger partial charge in [0.05, 0.1) is 6.42 Å². The van der Waals surface area contributed by atoms with Crippen molar-refractivity contribution in [2.75, 3.05) is 0 Å². The van der Waals surface area contributed by atoms with Crippen LogP contribution in [0, 0.1) is 5.82 Å². The molecule has 2 aromatic rings. The lowest BCUT2D eigenvalue weighted by Gasteiger charge is -2.33. The van der Waals surface area contributed by atoms with E-state index in [1.54, 1.807) is 17.0 Å². The van der Waals surface area contributed by atoms with Gasteiger partial charge >= 0.3 is 0 Å². The number of rotatable bonds is 7. The van der Waals surface area contributed by atoms with Crippen LogP contribution in [0.25, 0.3) is 0 Å². The molecule has 5 heteroatoms. The topological polar surface area (TPSA) is 49.4 Å². The van der Waals surface area contributed by atoms with Crippen LogP contribution in [-0.4, -0.2) is 28.3 Å². The van der Waals surface area contributed by atoms with E-state index in [-0.39, 0.29) is 30.6 Å². The maximum absolute atomic E-state index is 13.3. The van der Waals surface area contributed by atoms with Gasteiger partial charge in [0.25, 0.3) is 0 Å². The summed E-state index contributed by atoms with van der Waals surface area (Å²) in [6.07, 6.45) is 0.699. The van der Waals surface area contributed by atoms with Gasteiger partial charge in [-0.15, -0.1) is 0 Å². The molecule has 0 fully saturated rings. The highest BCUT2D eigenvalue weighted by molar-refractivity contribution is 5.88. The van der Waals surface area contributed by atoms with Crippen LogP contribution in [-0.2, 0) is 22.6 Å². The number of amides is 2. The highest BCUT2D eigenvalue weighted by atomic mass is 19.1. The van der Waals surface area contributed by atoms with Gasteiger partial charge in [0, 0.05) is 12.1 Å². The van der Waals surface area contributed by atoms with Gasteiger partial charge in [-0.05, 0) is 50.5 Å². The van der Waals surface area contributed by atoms with Crippen LogP contribution >= 0.6 is 0 Å². The SMILES string of the molecule is CC[C@@H](C(=O)NC(C)(C)C)N(Cc1ccc(F)cc1)C(=O)Cc1ccccc1. The van der Waals surface area contributed by atoms with Gasteiger partial charge in [-0.2, -0.15) is 0 Å². The molecule has 0 heterocycles. The largest absolute Gasteiger partial charge is 0.350 e. The third-order valence-corrected chi connectivity index (χ3v) is 4.35. The van der Waals surface area contributed by atoms with E-state index in [1.165, 1.54) is 12.1 Å². The van der Waals surface area contributed by atoms with Crippen molar-refractivity contribution < 1.29 is 14.0 Å². The quantitative estimate of drug-likeness (QED) is 0.782. The molecule has 0 saturated heterocycles. The molecule has 0 aliphatic rings. The van der Waals surface area contributed by atoms with Crippen LogP contribution in [0.5, 0.6) is 0 Å². The molecule has 2 aromatic carbocycles. The Labute approximate surface area is 166 Å². The van der Waals surface area contributed by atoms with E-state index in [9.17, 15) is 14.0 Å². The van der Waals surface area contributed by atoms with Gasteiger partial charge < -0.3 is 10.2 Å². The fraction of sp³-hybridized carbons (Fsp3) is 0.391. The number of halogens is 1. The number of hydrogen-bond acceptors (Lipinski definition) is 2. The summed E-state index contributed by atoms with van der Waals surface area (Å²) >= 11 is 0. The summed E-state index contributed by atoms with van der Waals surface area (Å²) in [6, 6.07) is 14.9.